The summed E-state index contributed by atoms with van der Waals surface area (Å²) >= 11 is 0. The van der Waals surface area contributed by atoms with Gasteiger partial charge in [0.05, 0.1) is 19.1 Å². The van der Waals surface area contributed by atoms with E-state index >= 15 is 4.39 Å². The van der Waals surface area contributed by atoms with Gasteiger partial charge in [-0.1, -0.05) is 44.7 Å². The highest BCUT2D eigenvalue weighted by Gasteiger charge is 2.45. The van der Waals surface area contributed by atoms with Gasteiger partial charge >= 0.3 is 12.5 Å². The number of ether oxygens (including phenoxy) is 4. The molecule has 0 bridgehead atoms. The fraction of sp³-hybridized carbons (Fsp3) is 0.636. The van der Waals surface area contributed by atoms with Crippen molar-refractivity contribution >= 4 is 0 Å². The molecule has 2 saturated carbocycles. The Kier molecular flexibility index (Phi) is 10.3. The maximum Gasteiger partial charge on any atom is 0.573 e. The molecule has 0 spiro atoms. The van der Waals surface area contributed by atoms with E-state index in [0.29, 0.717) is 48.3 Å². The van der Waals surface area contributed by atoms with Gasteiger partial charge in [-0.25, -0.2) is 8.78 Å². The molecule has 3 fully saturated rings. The van der Waals surface area contributed by atoms with E-state index in [9.17, 15) is 26.3 Å². The van der Waals surface area contributed by atoms with Crippen molar-refractivity contribution in [1.82, 2.24) is 0 Å². The summed E-state index contributed by atoms with van der Waals surface area (Å²) in [5.41, 5.74) is 1.03. The monoisotopic (exact) mass is 632 g/mol. The minimum Gasteiger partial charge on any atom is -0.432 e. The molecule has 0 amide bonds. The minimum atomic E-state index is -5.13. The molecule has 44 heavy (non-hydrogen) atoms. The fourth-order valence-electron chi connectivity index (χ4n) is 7.09. The lowest BCUT2D eigenvalue weighted by Crippen LogP contribution is -2.37. The third-order valence-electron chi connectivity index (χ3n) is 9.50. The third-order valence-corrected chi connectivity index (χ3v) is 9.50. The van der Waals surface area contributed by atoms with Crippen molar-refractivity contribution in [2.24, 2.45) is 23.7 Å². The van der Waals surface area contributed by atoms with E-state index in [1.54, 1.807) is 12.1 Å². The Bertz CT molecular complexity index is 1230. The second-order valence-corrected chi connectivity index (χ2v) is 12.5. The molecule has 11 heteroatoms. The molecule has 2 aliphatic carbocycles. The van der Waals surface area contributed by atoms with Crippen molar-refractivity contribution in [3.05, 3.63) is 59.2 Å². The van der Waals surface area contributed by atoms with E-state index in [1.807, 2.05) is 0 Å². The van der Waals surface area contributed by atoms with Crippen LogP contribution in [0.4, 0.5) is 30.7 Å². The largest absolute Gasteiger partial charge is 0.573 e. The van der Waals surface area contributed by atoms with Crippen LogP contribution in [0.2, 0.25) is 0 Å². The molecule has 1 heterocycles. The molecule has 0 atom stereocenters. The predicted octanol–water partition coefficient (Wildman–Crippen LogP) is 10.1. The van der Waals surface area contributed by atoms with Crippen LogP contribution in [-0.4, -0.2) is 25.7 Å². The van der Waals surface area contributed by atoms with Crippen LogP contribution in [0.3, 0.4) is 0 Å². The second kappa shape index (κ2) is 13.8. The van der Waals surface area contributed by atoms with Crippen LogP contribution in [-0.2, 0) is 9.47 Å². The van der Waals surface area contributed by atoms with Crippen molar-refractivity contribution in [1.29, 1.82) is 0 Å². The van der Waals surface area contributed by atoms with Crippen LogP contribution >= 0.6 is 0 Å². The van der Waals surface area contributed by atoms with E-state index in [4.69, 9.17) is 14.2 Å². The molecule has 244 valence electrons. The summed E-state index contributed by atoms with van der Waals surface area (Å²) < 4.78 is 116. The third kappa shape index (κ3) is 8.19. The molecule has 3 aliphatic rings. The number of halogens is 7. The van der Waals surface area contributed by atoms with Gasteiger partial charge in [-0.05, 0) is 80.0 Å². The van der Waals surface area contributed by atoms with Crippen LogP contribution in [0.1, 0.15) is 94.5 Å². The standard InChI is InChI=1S/C33H39F7O4/c1-2-3-20-4-6-21(7-5-20)24-18-41-31(42-19-24)23-10-14-27(28(34)16-23)22-8-11-25(12-9-22)32(36,37)43-26-13-15-30(29(35)17-26)44-33(38,39)40/h10,13-17,20-22,24-25,31H,2-9,11-12,18-19H2,1H3. The van der Waals surface area contributed by atoms with Crippen molar-refractivity contribution in [2.75, 3.05) is 13.2 Å². The highest BCUT2D eigenvalue weighted by atomic mass is 19.4. The average molecular weight is 633 g/mol. The maximum absolute atomic E-state index is 15.2. The van der Waals surface area contributed by atoms with E-state index < -0.39 is 47.8 Å². The summed E-state index contributed by atoms with van der Waals surface area (Å²) in [6.07, 6.45) is -1.42. The summed E-state index contributed by atoms with van der Waals surface area (Å²) in [6, 6.07) is 6.64. The molecule has 1 saturated heterocycles. The molecule has 2 aromatic rings. The van der Waals surface area contributed by atoms with E-state index in [0.717, 1.165) is 12.0 Å². The highest BCUT2D eigenvalue weighted by molar-refractivity contribution is 5.33. The first-order valence-electron chi connectivity index (χ1n) is 15.6. The Morgan fingerprint density at radius 2 is 1.43 bits per heavy atom. The van der Waals surface area contributed by atoms with Gasteiger partial charge in [0.1, 0.15) is 11.6 Å². The molecule has 0 aromatic heterocycles. The van der Waals surface area contributed by atoms with Crippen LogP contribution < -0.4 is 9.47 Å². The lowest BCUT2D eigenvalue weighted by atomic mass is 9.75. The number of rotatable bonds is 9. The maximum atomic E-state index is 15.2. The zero-order valence-electron chi connectivity index (χ0n) is 24.7. The molecule has 2 aromatic carbocycles. The number of alkyl halides is 5. The molecule has 0 radical (unpaired) electrons. The first-order valence-corrected chi connectivity index (χ1v) is 15.6. The zero-order chi connectivity index (χ0) is 31.5. The Morgan fingerprint density at radius 3 is 2.02 bits per heavy atom. The quantitative estimate of drug-likeness (QED) is 0.258. The lowest BCUT2D eigenvalue weighted by Gasteiger charge is -2.38. The van der Waals surface area contributed by atoms with Gasteiger partial charge in [0.25, 0.3) is 0 Å². The van der Waals surface area contributed by atoms with Crippen LogP contribution in [0.25, 0.3) is 0 Å². The number of benzene rings is 2. The van der Waals surface area contributed by atoms with Crippen LogP contribution in [0, 0.1) is 35.3 Å². The minimum absolute atomic E-state index is 0.0210. The normalized spacial score (nSPS) is 28.5. The number of hydrogen-bond acceptors (Lipinski definition) is 4. The summed E-state index contributed by atoms with van der Waals surface area (Å²) in [7, 11) is 0. The molecule has 1 aliphatic heterocycles. The summed E-state index contributed by atoms with van der Waals surface area (Å²) in [5.74, 6) is -3.41. The Labute approximate surface area is 253 Å². The van der Waals surface area contributed by atoms with Crippen molar-refractivity contribution in [3.8, 4) is 11.5 Å². The lowest BCUT2D eigenvalue weighted by molar-refractivity contribution is -0.275. The van der Waals surface area contributed by atoms with Crippen molar-refractivity contribution in [3.63, 3.8) is 0 Å². The van der Waals surface area contributed by atoms with Gasteiger partial charge < -0.3 is 18.9 Å². The predicted molar refractivity (Wildman–Crippen MR) is 148 cm³/mol. The van der Waals surface area contributed by atoms with Gasteiger partial charge in [0.2, 0.25) is 0 Å². The van der Waals surface area contributed by atoms with E-state index in [-0.39, 0.29) is 31.6 Å². The first-order chi connectivity index (χ1) is 20.9. The molecule has 0 N–H and O–H groups in total. The molecular formula is C33H39F7O4. The Balaban J connectivity index is 1.11. The average Bonchev–Trinajstić information content (AvgIpc) is 2.98. The van der Waals surface area contributed by atoms with Crippen molar-refractivity contribution < 1.29 is 49.7 Å². The first kappa shape index (κ1) is 32.9. The topological polar surface area (TPSA) is 36.9 Å². The van der Waals surface area contributed by atoms with Gasteiger partial charge in [-0.15, -0.1) is 13.2 Å². The van der Waals surface area contributed by atoms with Gasteiger partial charge in [0.15, 0.2) is 17.9 Å². The SMILES string of the molecule is CCCC1CCC(C2COC(c3ccc(C4CCC(C(F)(F)Oc5ccc(OC(F)(F)F)c(F)c5)CC4)c(F)c3)OC2)CC1. The Morgan fingerprint density at radius 1 is 0.750 bits per heavy atom. The van der Waals surface area contributed by atoms with E-state index in [2.05, 4.69) is 11.7 Å². The second-order valence-electron chi connectivity index (χ2n) is 12.5. The smallest absolute Gasteiger partial charge is 0.432 e. The van der Waals surface area contributed by atoms with Gasteiger partial charge in [-0.2, -0.15) is 8.78 Å². The molecule has 0 unspecified atom stereocenters. The highest BCUT2D eigenvalue weighted by Crippen LogP contribution is 2.45. The summed E-state index contributed by atoms with van der Waals surface area (Å²) in [5, 5.41) is 0. The van der Waals surface area contributed by atoms with Crippen LogP contribution in [0.15, 0.2) is 36.4 Å². The fourth-order valence-corrected chi connectivity index (χ4v) is 7.09. The van der Waals surface area contributed by atoms with Crippen LogP contribution in [0.5, 0.6) is 11.5 Å². The number of hydrogen-bond donors (Lipinski definition) is 0. The van der Waals surface area contributed by atoms with Crippen molar-refractivity contribution in [2.45, 2.75) is 95.8 Å². The molecular weight excluding hydrogens is 593 g/mol. The summed E-state index contributed by atoms with van der Waals surface area (Å²) in [6.45, 7) is 3.39. The zero-order valence-corrected chi connectivity index (χ0v) is 24.7. The Hall–Kier alpha value is -2.53. The van der Waals surface area contributed by atoms with E-state index in [1.165, 1.54) is 44.6 Å². The molecule has 5 rings (SSSR count). The summed E-state index contributed by atoms with van der Waals surface area (Å²) in [4.78, 5) is 0. The molecule has 4 nitrogen and oxygen atoms in total. The van der Waals surface area contributed by atoms with Gasteiger partial charge in [0, 0.05) is 17.5 Å². The van der Waals surface area contributed by atoms with Gasteiger partial charge in [-0.3, -0.25) is 0 Å².